The van der Waals surface area contributed by atoms with Crippen molar-refractivity contribution in [1.29, 1.82) is 0 Å². The van der Waals surface area contributed by atoms with E-state index in [-0.39, 0.29) is 23.6 Å². The number of nitrogens with zero attached hydrogens (tertiary/aromatic N) is 1. The quantitative estimate of drug-likeness (QED) is 0.224. The van der Waals surface area contributed by atoms with Crippen molar-refractivity contribution in [2.45, 2.75) is 110 Å². The molecule has 0 aromatic heterocycles. The van der Waals surface area contributed by atoms with Crippen molar-refractivity contribution in [1.82, 2.24) is 15.5 Å². The van der Waals surface area contributed by atoms with Crippen LogP contribution in [0.5, 0.6) is 5.75 Å². The lowest BCUT2D eigenvalue weighted by Crippen LogP contribution is -2.54. The number of amides is 3. The fraction of sp³-hybridized carbons (Fsp3) is 0.690. The molecule has 0 aliphatic rings. The Morgan fingerprint density at radius 2 is 1.66 bits per heavy atom. The molecule has 0 saturated heterocycles. The second-order valence-corrected chi connectivity index (χ2v) is 11.8. The highest BCUT2D eigenvalue weighted by Crippen LogP contribution is 2.26. The number of carbonyl (C=O) groups excluding carboxylic acids is 3. The summed E-state index contributed by atoms with van der Waals surface area (Å²) in [5, 5.41) is 15.7. The van der Waals surface area contributed by atoms with E-state index in [4.69, 9.17) is 4.74 Å². The Kier molecular flexibility index (Phi) is 15.2. The van der Waals surface area contributed by atoms with Crippen LogP contribution in [0.2, 0.25) is 0 Å². The number of nitrogens with one attached hydrogen (secondary N) is 2. The Bertz CT molecular complexity index is 857. The van der Waals surface area contributed by atoms with E-state index >= 15 is 0 Å². The minimum Gasteiger partial charge on any atom is -0.508 e. The molecular weight excluding hydrogens is 502 g/mol. The van der Waals surface area contributed by atoms with Gasteiger partial charge in [0.1, 0.15) is 23.4 Å². The second-order valence-electron chi connectivity index (χ2n) is 10.8. The molecule has 1 aromatic rings. The monoisotopic (exact) mass is 551 g/mol. The van der Waals surface area contributed by atoms with Crippen LogP contribution in [0, 0.1) is 0 Å². The van der Waals surface area contributed by atoms with Crippen molar-refractivity contribution < 1.29 is 24.2 Å². The average molecular weight is 552 g/mol. The van der Waals surface area contributed by atoms with Crippen LogP contribution in [0.3, 0.4) is 0 Å². The Hall–Kier alpha value is -2.42. The molecule has 38 heavy (non-hydrogen) atoms. The summed E-state index contributed by atoms with van der Waals surface area (Å²) in [5.74, 6) is 0.135. The molecule has 3 amide bonds. The maximum atomic E-state index is 14.1. The van der Waals surface area contributed by atoms with Gasteiger partial charge in [-0.1, -0.05) is 51.7 Å². The lowest BCUT2D eigenvalue weighted by molar-refractivity contribution is -0.143. The zero-order valence-corrected chi connectivity index (χ0v) is 25.2. The molecule has 9 heteroatoms. The van der Waals surface area contributed by atoms with E-state index < -0.39 is 23.8 Å². The van der Waals surface area contributed by atoms with Crippen LogP contribution in [0.4, 0.5) is 4.79 Å². The molecule has 1 rings (SSSR count). The van der Waals surface area contributed by atoms with Crippen LogP contribution in [-0.2, 0) is 14.3 Å². The van der Waals surface area contributed by atoms with Gasteiger partial charge in [0, 0.05) is 12.6 Å². The molecule has 0 aliphatic carbocycles. The molecule has 0 saturated carbocycles. The molecule has 0 heterocycles. The Morgan fingerprint density at radius 1 is 1.00 bits per heavy atom. The molecule has 3 atom stereocenters. The van der Waals surface area contributed by atoms with Crippen molar-refractivity contribution in [2.24, 2.45) is 0 Å². The SMILES string of the molecule is CCCCCCN(C(=O)C(CCSC)NC(=O)OC(C)(C)C)C(C(=O)NC(C)CCC)c1ccc(O)cc1. The van der Waals surface area contributed by atoms with Crippen molar-refractivity contribution in [3.63, 3.8) is 0 Å². The number of benzene rings is 1. The second kappa shape index (κ2) is 17.2. The van der Waals surface area contributed by atoms with Gasteiger partial charge in [0.15, 0.2) is 0 Å². The first-order chi connectivity index (χ1) is 17.9. The molecule has 216 valence electrons. The fourth-order valence-electron chi connectivity index (χ4n) is 4.17. The number of thioether (sulfide) groups is 1. The number of carbonyl (C=O) groups is 3. The standard InChI is InChI=1S/C29H49N3O5S/c1-8-10-11-12-19-32(27(35)24(18-20-38-7)31-28(36)37-29(4,5)6)25(22-14-16-23(33)17-15-22)26(34)30-21(3)13-9-2/h14-17,21,24-25,33H,8-13,18-20H2,1-7H3,(H,30,34)(H,31,36). The summed E-state index contributed by atoms with van der Waals surface area (Å²) in [6.45, 7) is 11.8. The van der Waals surface area contributed by atoms with Crippen molar-refractivity contribution in [3.05, 3.63) is 29.8 Å². The maximum Gasteiger partial charge on any atom is 0.408 e. The summed E-state index contributed by atoms with van der Waals surface area (Å²) < 4.78 is 5.44. The van der Waals surface area contributed by atoms with E-state index in [0.717, 1.165) is 38.5 Å². The summed E-state index contributed by atoms with van der Waals surface area (Å²) in [6, 6.07) is 4.59. The van der Waals surface area contributed by atoms with Crippen LogP contribution in [0.25, 0.3) is 0 Å². The van der Waals surface area contributed by atoms with Gasteiger partial charge in [-0.25, -0.2) is 4.79 Å². The lowest BCUT2D eigenvalue weighted by Gasteiger charge is -2.35. The number of ether oxygens (including phenoxy) is 1. The third kappa shape index (κ3) is 12.4. The number of hydrogen-bond donors (Lipinski definition) is 3. The van der Waals surface area contributed by atoms with Crippen LogP contribution in [0.1, 0.15) is 98.1 Å². The fourth-order valence-corrected chi connectivity index (χ4v) is 4.65. The highest BCUT2D eigenvalue weighted by molar-refractivity contribution is 7.98. The van der Waals surface area contributed by atoms with Gasteiger partial charge in [-0.3, -0.25) is 9.59 Å². The van der Waals surface area contributed by atoms with E-state index in [0.29, 0.717) is 24.3 Å². The zero-order valence-electron chi connectivity index (χ0n) is 24.3. The van der Waals surface area contributed by atoms with E-state index in [1.165, 1.54) is 12.1 Å². The number of phenolic OH excluding ortho intramolecular Hbond substituents is 1. The molecule has 1 aromatic carbocycles. The number of rotatable bonds is 16. The van der Waals surface area contributed by atoms with Gasteiger partial charge in [-0.15, -0.1) is 0 Å². The number of aromatic hydroxyl groups is 1. The Labute approximate surface area is 233 Å². The van der Waals surface area contributed by atoms with E-state index in [2.05, 4.69) is 24.5 Å². The normalized spacial score (nSPS) is 13.8. The van der Waals surface area contributed by atoms with Gasteiger partial charge in [-0.05, 0) is 76.7 Å². The molecule has 0 spiro atoms. The molecule has 8 nitrogen and oxygen atoms in total. The molecular formula is C29H49N3O5S. The summed E-state index contributed by atoms with van der Waals surface area (Å²) in [6.07, 6.45) is 7.14. The average Bonchev–Trinajstić information content (AvgIpc) is 2.83. The number of hydrogen-bond acceptors (Lipinski definition) is 6. The smallest absolute Gasteiger partial charge is 0.408 e. The predicted molar refractivity (Wildman–Crippen MR) is 155 cm³/mol. The van der Waals surface area contributed by atoms with Crippen LogP contribution >= 0.6 is 11.8 Å². The lowest BCUT2D eigenvalue weighted by atomic mass is 10.0. The molecule has 0 fully saturated rings. The Morgan fingerprint density at radius 3 is 2.21 bits per heavy atom. The molecule has 0 radical (unpaired) electrons. The van der Waals surface area contributed by atoms with Gasteiger partial charge >= 0.3 is 6.09 Å². The van der Waals surface area contributed by atoms with Crippen molar-refractivity contribution >= 4 is 29.7 Å². The molecule has 0 bridgehead atoms. The molecule has 3 unspecified atom stereocenters. The summed E-state index contributed by atoms with van der Waals surface area (Å²) in [5.41, 5.74) is -0.102. The minimum atomic E-state index is -0.902. The van der Waals surface area contributed by atoms with Gasteiger partial charge in [0.05, 0.1) is 0 Å². The third-order valence-corrected chi connectivity index (χ3v) is 6.66. The highest BCUT2D eigenvalue weighted by atomic mass is 32.2. The van der Waals surface area contributed by atoms with Gasteiger partial charge in [-0.2, -0.15) is 11.8 Å². The first-order valence-electron chi connectivity index (χ1n) is 13.8. The van der Waals surface area contributed by atoms with Gasteiger partial charge in [0.2, 0.25) is 11.8 Å². The van der Waals surface area contributed by atoms with Gasteiger partial charge in [0.25, 0.3) is 0 Å². The van der Waals surface area contributed by atoms with E-state index in [1.807, 2.05) is 13.2 Å². The first kappa shape index (κ1) is 33.6. The van der Waals surface area contributed by atoms with Gasteiger partial charge < -0.3 is 25.4 Å². The third-order valence-electron chi connectivity index (χ3n) is 6.01. The zero-order chi connectivity index (χ0) is 28.7. The van der Waals surface area contributed by atoms with Crippen LogP contribution in [-0.4, -0.2) is 64.2 Å². The number of phenols is 1. The van der Waals surface area contributed by atoms with E-state index in [1.54, 1.807) is 49.6 Å². The van der Waals surface area contributed by atoms with Crippen LogP contribution in [0.15, 0.2) is 24.3 Å². The number of unbranched alkanes of at least 4 members (excludes halogenated alkanes) is 3. The summed E-state index contributed by atoms with van der Waals surface area (Å²) >= 11 is 1.58. The summed E-state index contributed by atoms with van der Waals surface area (Å²) in [7, 11) is 0. The largest absolute Gasteiger partial charge is 0.508 e. The number of alkyl carbamates (subject to hydrolysis) is 1. The summed E-state index contributed by atoms with van der Waals surface area (Å²) in [4.78, 5) is 42.1. The van der Waals surface area contributed by atoms with Crippen molar-refractivity contribution in [3.8, 4) is 5.75 Å². The minimum absolute atomic E-state index is 0.0589. The maximum absolute atomic E-state index is 14.1. The predicted octanol–water partition coefficient (Wildman–Crippen LogP) is 5.79. The highest BCUT2D eigenvalue weighted by Gasteiger charge is 2.36. The molecule has 3 N–H and O–H groups in total. The Balaban J connectivity index is 3.45. The topological polar surface area (TPSA) is 108 Å². The molecule has 0 aliphatic heterocycles. The first-order valence-corrected chi connectivity index (χ1v) is 15.2. The van der Waals surface area contributed by atoms with Crippen molar-refractivity contribution in [2.75, 3.05) is 18.6 Å². The van der Waals surface area contributed by atoms with Crippen LogP contribution < -0.4 is 10.6 Å². The van der Waals surface area contributed by atoms with E-state index in [9.17, 15) is 19.5 Å².